The molecule has 15 heavy (non-hydrogen) atoms. The molecule has 82 valence electrons. The van der Waals surface area contributed by atoms with Gasteiger partial charge in [0.05, 0.1) is 0 Å². The lowest BCUT2D eigenvalue weighted by atomic mass is 9.98. The fraction of sp³-hybridized carbons (Fsp3) is 0.455. The number of aromatic hydroxyl groups is 1. The summed E-state index contributed by atoms with van der Waals surface area (Å²) in [7, 11) is 0. The predicted molar refractivity (Wildman–Crippen MR) is 55.2 cm³/mol. The molecule has 1 aromatic rings. The summed E-state index contributed by atoms with van der Waals surface area (Å²) in [6.07, 6.45) is 0.617. The summed E-state index contributed by atoms with van der Waals surface area (Å²) < 4.78 is 4.77. The van der Waals surface area contributed by atoms with Crippen molar-refractivity contribution in [2.24, 2.45) is 5.92 Å². The normalized spacial score (nSPS) is 12.5. The molecular formula is C11H14O4. The maximum Gasteiger partial charge on any atom is 0.350 e. The van der Waals surface area contributed by atoms with E-state index in [-0.39, 0.29) is 23.0 Å². The van der Waals surface area contributed by atoms with E-state index in [0.717, 1.165) is 0 Å². The van der Waals surface area contributed by atoms with E-state index in [1.165, 1.54) is 6.07 Å². The zero-order valence-corrected chi connectivity index (χ0v) is 9.03. The van der Waals surface area contributed by atoms with Gasteiger partial charge in [-0.1, -0.05) is 13.8 Å². The van der Waals surface area contributed by atoms with Crippen molar-refractivity contribution in [3.05, 3.63) is 27.8 Å². The maximum atomic E-state index is 11.7. The van der Waals surface area contributed by atoms with Gasteiger partial charge in [0.25, 0.3) is 0 Å². The number of carbonyl (C=O) groups is 1. The molecular weight excluding hydrogens is 196 g/mol. The molecule has 0 saturated heterocycles. The summed E-state index contributed by atoms with van der Waals surface area (Å²) in [5, 5.41) is 9.51. The van der Waals surface area contributed by atoms with Crippen molar-refractivity contribution < 1.29 is 14.3 Å². The van der Waals surface area contributed by atoms with E-state index in [1.807, 2.05) is 6.92 Å². The van der Waals surface area contributed by atoms with Crippen molar-refractivity contribution in [2.75, 3.05) is 0 Å². The van der Waals surface area contributed by atoms with Crippen LogP contribution in [-0.4, -0.2) is 10.9 Å². The highest BCUT2D eigenvalue weighted by Gasteiger charge is 2.22. The number of hydrogen-bond acceptors (Lipinski definition) is 4. The monoisotopic (exact) mass is 210 g/mol. The smallest absolute Gasteiger partial charge is 0.350 e. The summed E-state index contributed by atoms with van der Waals surface area (Å²) in [5.41, 5.74) is -1.01. The van der Waals surface area contributed by atoms with Gasteiger partial charge in [0.1, 0.15) is 17.1 Å². The van der Waals surface area contributed by atoms with Gasteiger partial charge in [-0.3, -0.25) is 4.79 Å². The third-order valence-electron chi connectivity index (χ3n) is 2.36. The molecule has 0 bridgehead atoms. The molecule has 4 heteroatoms. The van der Waals surface area contributed by atoms with Crippen LogP contribution in [0.3, 0.4) is 0 Å². The number of hydrogen-bond donors (Lipinski definition) is 1. The first kappa shape index (κ1) is 11.5. The average Bonchev–Trinajstić information content (AvgIpc) is 2.14. The van der Waals surface area contributed by atoms with E-state index < -0.39 is 5.63 Å². The highest BCUT2D eigenvalue weighted by molar-refractivity contribution is 5.99. The third-order valence-corrected chi connectivity index (χ3v) is 2.36. The van der Waals surface area contributed by atoms with Gasteiger partial charge in [-0.25, -0.2) is 4.79 Å². The Bertz CT molecular complexity index is 431. The van der Waals surface area contributed by atoms with Crippen LogP contribution in [0.2, 0.25) is 0 Å². The Morgan fingerprint density at radius 1 is 1.60 bits per heavy atom. The van der Waals surface area contributed by atoms with Gasteiger partial charge in [0.2, 0.25) is 0 Å². The number of aryl methyl sites for hydroxylation is 1. The first-order valence-corrected chi connectivity index (χ1v) is 4.85. The number of Topliss-reactive ketones (excluding diaryl/α,β-unsaturated/α-hetero) is 1. The zero-order chi connectivity index (χ0) is 11.6. The van der Waals surface area contributed by atoms with Crippen molar-refractivity contribution in [3.8, 4) is 5.75 Å². The van der Waals surface area contributed by atoms with Gasteiger partial charge < -0.3 is 9.52 Å². The molecule has 0 aromatic carbocycles. The lowest BCUT2D eigenvalue weighted by molar-refractivity contribution is 0.0919. The molecule has 0 saturated carbocycles. The van der Waals surface area contributed by atoms with E-state index in [1.54, 1.807) is 13.8 Å². The van der Waals surface area contributed by atoms with Gasteiger partial charge in [0, 0.05) is 12.0 Å². The molecule has 0 spiro atoms. The summed E-state index contributed by atoms with van der Waals surface area (Å²) in [5.74, 6) is -0.669. The van der Waals surface area contributed by atoms with Crippen molar-refractivity contribution in [1.29, 1.82) is 0 Å². The Morgan fingerprint density at radius 2 is 2.20 bits per heavy atom. The number of rotatable bonds is 3. The Morgan fingerprint density at radius 3 is 2.67 bits per heavy atom. The quantitative estimate of drug-likeness (QED) is 0.773. The Balaban J connectivity index is 3.26. The fourth-order valence-corrected chi connectivity index (χ4v) is 1.25. The first-order chi connectivity index (χ1) is 6.97. The van der Waals surface area contributed by atoms with Crippen LogP contribution in [0.1, 0.15) is 36.4 Å². The molecule has 1 aromatic heterocycles. The Labute approximate surface area is 87.5 Å². The van der Waals surface area contributed by atoms with Crippen LogP contribution in [0.5, 0.6) is 5.75 Å². The topological polar surface area (TPSA) is 67.5 Å². The number of ketones is 1. The molecule has 1 unspecified atom stereocenters. The molecule has 0 aliphatic carbocycles. The van der Waals surface area contributed by atoms with Gasteiger partial charge in [-0.2, -0.15) is 0 Å². The largest absolute Gasteiger partial charge is 0.507 e. The van der Waals surface area contributed by atoms with Crippen molar-refractivity contribution in [2.45, 2.75) is 27.2 Å². The van der Waals surface area contributed by atoms with Crippen LogP contribution in [-0.2, 0) is 0 Å². The standard InChI is InChI=1S/C11H14O4/c1-4-6(2)10(13)9-8(12)5-7(3)15-11(9)14/h5-6,12H,4H2,1-3H3. The Hall–Kier alpha value is -1.58. The lowest BCUT2D eigenvalue weighted by Gasteiger charge is -2.07. The average molecular weight is 210 g/mol. The van der Waals surface area contributed by atoms with Crippen LogP contribution in [0.25, 0.3) is 0 Å². The summed E-state index contributed by atoms with van der Waals surface area (Å²) in [6, 6.07) is 1.27. The minimum Gasteiger partial charge on any atom is -0.507 e. The zero-order valence-electron chi connectivity index (χ0n) is 9.03. The Kier molecular flexibility index (Phi) is 3.29. The van der Waals surface area contributed by atoms with E-state index in [4.69, 9.17) is 4.42 Å². The third kappa shape index (κ3) is 2.26. The second-order valence-corrected chi connectivity index (χ2v) is 3.58. The van der Waals surface area contributed by atoms with E-state index in [2.05, 4.69) is 0 Å². The van der Waals surface area contributed by atoms with Crippen LogP contribution < -0.4 is 5.63 Å². The molecule has 0 aliphatic rings. The molecule has 1 atom stereocenters. The SMILES string of the molecule is CCC(C)C(=O)c1c(O)cc(C)oc1=O. The second kappa shape index (κ2) is 4.29. The summed E-state index contributed by atoms with van der Waals surface area (Å²) >= 11 is 0. The molecule has 1 N–H and O–H groups in total. The van der Waals surface area contributed by atoms with Crippen molar-refractivity contribution in [1.82, 2.24) is 0 Å². The summed E-state index contributed by atoms with van der Waals surface area (Å²) in [4.78, 5) is 23.1. The van der Waals surface area contributed by atoms with Gasteiger partial charge >= 0.3 is 5.63 Å². The van der Waals surface area contributed by atoms with Crippen LogP contribution >= 0.6 is 0 Å². The van der Waals surface area contributed by atoms with E-state index in [0.29, 0.717) is 12.2 Å². The molecule has 0 aliphatic heterocycles. The highest BCUT2D eigenvalue weighted by Crippen LogP contribution is 2.19. The predicted octanol–water partition coefficient (Wildman–Crippen LogP) is 1.88. The minimum absolute atomic E-state index is 0.241. The van der Waals surface area contributed by atoms with Crippen LogP contribution in [0.4, 0.5) is 0 Å². The van der Waals surface area contributed by atoms with Crippen LogP contribution in [0, 0.1) is 12.8 Å². The highest BCUT2D eigenvalue weighted by atomic mass is 16.4. The van der Waals surface area contributed by atoms with E-state index in [9.17, 15) is 14.7 Å². The molecule has 0 amide bonds. The van der Waals surface area contributed by atoms with E-state index >= 15 is 0 Å². The van der Waals surface area contributed by atoms with Gasteiger partial charge in [0.15, 0.2) is 5.78 Å². The molecule has 1 heterocycles. The molecule has 0 radical (unpaired) electrons. The lowest BCUT2D eigenvalue weighted by Crippen LogP contribution is -2.20. The van der Waals surface area contributed by atoms with Crippen LogP contribution in [0.15, 0.2) is 15.3 Å². The molecule has 0 fully saturated rings. The van der Waals surface area contributed by atoms with Gasteiger partial charge in [-0.05, 0) is 13.3 Å². The minimum atomic E-state index is -0.766. The number of carbonyl (C=O) groups excluding carboxylic acids is 1. The summed E-state index contributed by atoms with van der Waals surface area (Å²) in [6.45, 7) is 5.09. The second-order valence-electron chi connectivity index (χ2n) is 3.58. The van der Waals surface area contributed by atoms with Gasteiger partial charge in [-0.15, -0.1) is 0 Å². The maximum absolute atomic E-state index is 11.7. The van der Waals surface area contributed by atoms with Crippen molar-refractivity contribution in [3.63, 3.8) is 0 Å². The fourth-order valence-electron chi connectivity index (χ4n) is 1.25. The first-order valence-electron chi connectivity index (χ1n) is 4.85. The van der Waals surface area contributed by atoms with Crippen molar-refractivity contribution >= 4 is 5.78 Å². The molecule has 4 nitrogen and oxygen atoms in total. The molecule has 1 rings (SSSR count).